The highest BCUT2D eigenvalue weighted by molar-refractivity contribution is 6.32. The highest BCUT2D eigenvalue weighted by atomic mass is 35.5. The fraction of sp³-hybridized carbons (Fsp3) is 0.333. The number of ether oxygens (including phenoxy) is 3. The van der Waals surface area contributed by atoms with Gasteiger partial charge in [0.25, 0.3) is 5.69 Å². The third kappa shape index (κ3) is 6.89. The smallest absolute Gasteiger partial charge is 0.416 e. The number of aliphatic carboxylic acids is 1. The van der Waals surface area contributed by atoms with Gasteiger partial charge in [-0.25, -0.2) is 4.79 Å². The van der Waals surface area contributed by atoms with Crippen molar-refractivity contribution in [2.75, 3.05) is 20.3 Å². The van der Waals surface area contributed by atoms with Crippen LogP contribution in [0.25, 0.3) is 0 Å². The van der Waals surface area contributed by atoms with Crippen LogP contribution >= 0.6 is 11.6 Å². The number of halogens is 4. The van der Waals surface area contributed by atoms with Gasteiger partial charge in [-0.3, -0.25) is 14.9 Å². The Morgan fingerprint density at radius 3 is 2.41 bits per heavy atom. The summed E-state index contributed by atoms with van der Waals surface area (Å²) in [5, 5.41) is 20.3. The number of nitrogens with zero attached hydrogens (tertiary/aromatic N) is 1. The monoisotopic (exact) mass is 505 g/mol. The summed E-state index contributed by atoms with van der Waals surface area (Å²) in [6.45, 7) is 0.760. The van der Waals surface area contributed by atoms with Crippen LogP contribution in [0.5, 0.6) is 11.5 Å². The molecule has 0 bridgehead atoms. The van der Waals surface area contributed by atoms with Crippen molar-refractivity contribution in [3.05, 3.63) is 62.7 Å². The Bertz CT molecular complexity index is 1080. The first kappa shape index (κ1) is 27.0. The first-order valence-corrected chi connectivity index (χ1v) is 9.92. The maximum absolute atomic E-state index is 12.8. The van der Waals surface area contributed by atoms with Crippen molar-refractivity contribution in [2.45, 2.75) is 19.2 Å². The largest absolute Gasteiger partial charge is 0.479 e. The lowest BCUT2D eigenvalue weighted by Gasteiger charge is -2.19. The predicted molar refractivity (Wildman–Crippen MR) is 112 cm³/mol. The maximum atomic E-state index is 12.8. The number of nitro benzene ring substituents is 1. The highest BCUT2D eigenvalue weighted by Gasteiger charge is 2.31. The fourth-order valence-corrected chi connectivity index (χ4v) is 3.14. The molecule has 0 saturated heterocycles. The van der Waals surface area contributed by atoms with E-state index in [0.29, 0.717) is 6.07 Å². The van der Waals surface area contributed by atoms with Crippen LogP contribution in [0.2, 0.25) is 5.02 Å². The Morgan fingerprint density at radius 1 is 1.21 bits per heavy atom. The summed E-state index contributed by atoms with van der Waals surface area (Å²) in [5.41, 5.74) is -2.05. The van der Waals surface area contributed by atoms with E-state index in [-0.39, 0.29) is 23.1 Å². The standard InChI is InChI=1S/C21H19ClF3NO8/c1-11(9-32-2)19(20(28)29)33-10-17(27)14-8-13(4-5-16(14)26(30)31)34-18-6-3-12(7-15(18)22)21(23,24)25/h3-8,11,19H,9-10H2,1-2H3,(H,28,29). The van der Waals surface area contributed by atoms with Crippen molar-refractivity contribution >= 4 is 29.0 Å². The lowest BCUT2D eigenvalue weighted by atomic mass is 10.1. The van der Waals surface area contributed by atoms with Gasteiger partial charge in [0.2, 0.25) is 0 Å². The Kier molecular flexibility index (Phi) is 8.96. The van der Waals surface area contributed by atoms with Gasteiger partial charge < -0.3 is 19.3 Å². The first-order valence-electron chi connectivity index (χ1n) is 9.54. The molecule has 0 aromatic heterocycles. The van der Waals surface area contributed by atoms with E-state index in [1.165, 1.54) is 14.0 Å². The minimum Gasteiger partial charge on any atom is -0.479 e. The first-order chi connectivity index (χ1) is 15.8. The molecule has 2 aromatic carbocycles. The Balaban J connectivity index is 2.28. The fourth-order valence-electron chi connectivity index (χ4n) is 2.92. The molecule has 0 radical (unpaired) electrons. The molecule has 2 unspecified atom stereocenters. The molecule has 1 N–H and O–H groups in total. The van der Waals surface area contributed by atoms with Crippen molar-refractivity contribution in [3.63, 3.8) is 0 Å². The average molecular weight is 506 g/mol. The van der Waals surface area contributed by atoms with Gasteiger partial charge >= 0.3 is 12.1 Å². The third-order valence-electron chi connectivity index (χ3n) is 4.54. The Hall–Kier alpha value is -3.22. The van der Waals surface area contributed by atoms with Gasteiger partial charge in [0, 0.05) is 19.1 Å². The van der Waals surface area contributed by atoms with Crippen LogP contribution in [0.1, 0.15) is 22.8 Å². The number of rotatable bonds is 11. The number of hydrogen-bond acceptors (Lipinski definition) is 7. The summed E-state index contributed by atoms with van der Waals surface area (Å²) < 4.78 is 53.9. The van der Waals surface area contributed by atoms with Crippen LogP contribution in [0.3, 0.4) is 0 Å². The highest BCUT2D eigenvalue weighted by Crippen LogP contribution is 2.37. The minimum absolute atomic E-state index is 0.0303. The van der Waals surface area contributed by atoms with E-state index in [1.54, 1.807) is 0 Å². The molecule has 0 aliphatic rings. The molecule has 34 heavy (non-hydrogen) atoms. The van der Waals surface area contributed by atoms with Crippen LogP contribution in [0.15, 0.2) is 36.4 Å². The number of carbonyl (C=O) groups is 2. The number of benzene rings is 2. The molecule has 2 rings (SSSR count). The molecule has 0 amide bonds. The molecule has 0 spiro atoms. The van der Waals surface area contributed by atoms with Crippen LogP contribution in [0, 0.1) is 16.0 Å². The van der Waals surface area contributed by atoms with Crippen LogP contribution in [-0.4, -0.2) is 48.2 Å². The SMILES string of the molecule is COCC(C)C(OCC(=O)c1cc(Oc2ccc(C(F)(F)F)cc2Cl)ccc1[N+](=O)[O-])C(=O)O. The average Bonchev–Trinajstić information content (AvgIpc) is 2.74. The van der Waals surface area contributed by atoms with Crippen molar-refractivity contribution in [1.29, 1.82) is 0 Å². The number of hydrogen-bond donors (Lipinski definition) is 1. The van der Waals surface area contributed by atoms with Crippen LogP contribution in [-0.2, 0) is 20.4 Å². The number of carboxylic acids is 1. The molecular weight excluding hydrogens is 487 g/mol. The number of methoxy groups -OCH3 is 1. The van der Waals surface area contributed by atoms with Crippen molar-refractivity contribution in [3.8, 4) is 11.5 Å². The summed E-state index contributed by atoms with van der Waals surface area (Å²) in [5.74, 6) is -3.19. The molecule has 184 valence electrons. The molecular formula is C21H19ClF3NO8. The second kappa shape index (κ2) is 11.3. The number of carbonyl (C=O) groups excluding carboxylic acids is 1. The van der Waals surface area contributed by atoms with Crippen LogP contribution < -0.4 is 4.74 Å². The summed E-state index contributed by atoms with van der Waals surface area (Å²) in [7, 11) is 1.36. The van der Waals surface area contributed by atoms with E-state index in [0.717, 1.165) is 30.3 Å². The van der Waals surface area contributed by atoms with E-state index in [9.17, 15) is 38.0 Å². The van der Waals surface area contributed by atoms with Gasteiger partial charge in [-0.2, -0.15) is 13.2 Å². The summed E-state index contributed by atoms with van der Waals surface area (Å²) in [4.78, 5) is 34.6. The summed E-state index contributed by atoms with van der Waals surface area (Å²) in [6, 6.07) is 5.43. The molecule has 0 heterocycles. The number of Topliss-reactive ketones (excluding diaryl/α,β-unsaturated/α-hetero) is 1. The van der Waals surface area contributed by atoms with Crippen molar-refractivity contribution < 1.29 is 47.0 Å². The molecule has 13 heteroatoms. The van der Waals surface area contributed by atoms with Crippen LogP contribution in [0.4, 0.5) is 18.9 Å². The summed E-state index contributed by atoms with van der Waals surface area (Å²) in [6.07, 6.45) is -6.03. The minimum atomic E-state index is -4.62. The van der Waals surface area contributed by atoms with E-state index in [1.807, 2.05) is 0 Å². The van der Waals surface area contributed by atoms with Gasteiger partial charge in [0.05, 0.1) is 22.1 Å². The second-order valence-electron chi connectivity index (χ2n) is 7.11. The topological polar surface area (TPSA) is 125 Å². The zero-order valence-electron chi connectivity index (χ0n) is 17.8. The zero-order valence-corrected chi connectivity index (χ0v) is 18.6. The maximum Gasteiger partial charge on any atom is 0.416 e. The molecule has 2 aromatic rings. The molecule has 0 aliphatic heterocycles. The number of alkyl halides is 3. The van der Waals surface area contributed by atoms with Crippen molar-refractivity contribution in [1.82, 2.24) is 0 Å². The third-order valence-corrected chi connectivity index (χ3v) is 4.83. The molecule has 0 fully saturated rings. The van der Waals surface area contributed by atoms with Gasteiger partial charge in [-0.1, -0.05) is 18.5 Å². The second-order valence-corrected chi connectivity index (χ2v) is 7.51. The molecule has 2 atom stereocenters. The summed E-state index contributed by atoms with van der Waals surface area (Å²) >= 11 is 5.85. The van der Waals surface area contributed by atoms with E-state index in [4.69, 9.17) is 25.8 Å². The van der Waals surface area contributed by atoms with Gasteiger partial charge in [0.1, 0.15) is 23.7 Å². The van der Waals surface area contributed by atoms with E-state index < -0.39 is 58.3 Å². The molecule has 0 aliphatic carbocycles. The Morgan fingerprint density at radius 2 is 1.88 bits per heavy atom. The molecule has 0 saturated carbocycles. The Labute approximate surface area is 196 Å². The van der Waals surface area contributed by atoms with Gasteiger partial charge in [0.15, 0.2) is 11.9 Å². The number of ketones is 1. The predicted octanol–water partition coefficient (Wildman–Crippen LogP) is 4.99. The number of nitro groups is 1. The van der Waals surface area contributed by atoms with E-state index >= 15 is 0 Å². The zero-order chi connectivity index (χ0) is 25.6. The molecule has 9 nitrogen and oxygen atoms in total. The lowest BCUT2D eigenvalue weighted by Crippen LogP contribution is -2.35. The van der Waals surface area contributed by atoms with Crippen molar-refractivity contribution in [2.24, 2.45) is 5.92 Å². The normalized spacial score (nSPS) is 13.2. The van der Waals surface area contributed by atoms with E-state index in [2.05, 4.69) is 0 Å². The number of carboxylic acid groups (broad SMARTS) is 1. The van der Waals surface area contributed by atoms with Gasteiger partial charge in [-0.05, 0) is 30.3 Å². The quantitative estimate of drug-likeness (QED) is 0.257. The van der Waals surface area contributed by atoms with Gasteiger partial charge in [-0.15, -0.1) is 0 Å². The lowest BCUT2D eigenvalue weighted by molar-refractivity contribution is -0.385.